The first-order valence-electron chi connectivity index (χ1n) is 9.83. The van der Waals surface area contributed by atoms with Gasteiger partial charge in [0.05, 0.1) is 18.8 Å². The van der Waals surface area contributed by atoms with E-state index >= 15 is 0 Å². The van der Waals surface area contributed by atoms with Crippen molar-refractivity contribution in [3.05, 3.63) is 47.5 Å². The van der Waals surface area contributed by atoms with E-state index in [0.29, 0.717) is 13.2 Å². The molecule has 0 amide bonds. The summed E-state index contributed by atoms with van der Waals surface area (Å²) in [6.45, 7) is 4.62. The molecule has 6 nitrogen and oxygen atoms in total. The predicted octanol–water partition coefficient (Wildman–Crippen LogP) is 2.40. The van der Waals surface area contributed by atoms with Crippen LogP contribution in [0.1, 0.15) is 15.9 Å². The third-order valence-corrected chi connectivity index (χ3v) is 5.93. The van der Waals surface area contributed by atoms with E-state index in [1.807, 2.05) is 30.3 Å². The third-order valence-electron chi connectivity index (χ3n) is 5.93. The molecule has 0 aromatic heterocycles. The van der Waals surface area contributed by atoms with Crippen LogP contribution in [0.5, 0.6) is 17.2 Å². The van der Waals surface area contributed by atoms with Crippen LogP contribution < -0.4 is 19.1 Å². The van der Waals surface area contributed by atoms with Gasteiger partial charge in [0, 0.05) is 31.7 Å². The van der Waals surface area contributed by atoms with Gasteiger partial charge in [-0.15, -0.1) is 0 Å². The molecule has 6 heteroatoms. The molecule has 2 heterocycles. The lowest BCUT2D eigenvalue weighted by Crippen LogP contribution is -2.52. The maximum Gasteiger partial charge on any atom is 0.184 e. The van der Waals surface area contributed by atoms with Crippen LogP contribution in [0.3, 0.4) is 0 Å². The molecular formula is C22H24N2O4. The van der Waals surface area contributed by atoms with Crippen LogP contribution >= 0.6 is 0 Å². The first kappa shape index (κ1) is 17.4. The molecule has 1 fully saturated rings. The predicted molar refractivity (Wildman–Crippen MR) is 106 cm³/mol. The van der Waals surface area contributed by atoms with Crippen molar-refractivity contribution in [3.63, 3.8) is 0 Å². The molecule has 1 unspecified atom stereocenters. The molecule has 3 aliphatic rings. The number of Topliss-reactive ketones (excluding diaryl/α,β-unsaturated/α-hetero) is 1. The molecule has 2 aromatic carbocycles. The fraction of sp³-hybridized carbons (Fsp3) is 0.409. The normalized spacial score (nSPS) is 21.5. The van der Waals surface area contributed by atoms with Gasteiger partial charge in [-0.1, -0.05) is 6.07 Å². The second-order valence-electron chi connectivity index (χ2n) is 7.43. The SMILES string of the molecule is COc1ccc2c(c1)CC(N1CCN(c3cccc4c3OCCO4)CC1)C2=O. The van der Waals surface area contributed by atoms with Gasteiger partial charge in [-0.3, -0.25) is 9.69 Å². The molecule has 0 N–H and O–H groups in total. The van der Waals surface area contributed by atoms with Crippen molar-refractivity contribution in [2.45, 2.75) is 12.5 Å². The summed E-state index contributed by atoms with van der Waals surface area (Å²) < 4.78 is 16.9. The molecular weight excluding hydrogens is 356 g/mol. The van der Waals surface area contributed by atoms with Gasteiger partial charge >= 0.3 is 0 Å². The second-order valence-corrected chi connectivity index (χ2v) is 7.43. The van der Waals surface area contributed by atoms with Crippen molar-refractivity contribution in [2.24, 2.45) is 0 Å². The Morgan fingerprint density at radius 2 is 1.86 bits per heavy atom. The fourth-order valence-electron chi connectivity index (χ4n) is 4.46. The first-order valence-corrected chi connectivity index (χ1v) is 9.83. The molecule has 146 valence electrons. The van der Waals surface area contributed by atoms with Gasteiger partial charge in [0.2, 0.25) is 0 Å². The highest BCUT2D eigenvalue weighted by atomic mass is 16.6. The van der Waals surface area contributed by atoms with E-state index in [1.165, 1.54) is 0 Å². The minimum atomic E-state index is -0.0615. The number of carbonyl (C=O) groups is 1. The van der Waals surface area contributed by atoms with Crippen molar-refractivity contribution >= 4 is 11.5 Å². The highest BCUT2D eigenvalue weighted by molar-refractivity contribution is 6.04. The molecule has 0 radical (unpaired) electrons. The smallest absolute Gasteiger partial charge is 0.184 e. The highest BCUT2D eigenvalue weighted by Crippen LogP contribution is 2.40. The topological polar surface area (TPSA) is 51.2 Å². The lowest BCUT2D eigenvalue weighted by molar-refractivity contribution is 0.0833. The molecule has 0 saturated carbocycles. The van der Waals surface area contributed by atoms with Gasteiger partial charge in [0.15, 0.2) is 17.3 Å². The number of para-hydroxylation sites is 1. The quantitative estimate of drug-likeness (QED) is 0.815. The van der Waals surface area contributed by atoms with Gasteiger partial charge in [0.25, 0.3) is 0 Å². The number of fused-ring (bicyclic) bond motifs is 2. The highest BCUT2D eigenvalue weighted by Gasteiger charge is 2.36. The van der Waals surface area contributed by atoms with Crippen LogP contribution in [0.25, 0.3) is 0 Å². The number of rotatable bonds is 3. The number of benzene rings is 2. The second kappa shape index (κ2) is 7.02. The summed E-state index contributed by atoms with van der Waals surface area (Å²) in [6.07, 6.45) is 0.767. The average Bonchev–Trinajstić information content (AvgIpc) is 3.09. The van der Waals surface area contributed by atoms with Gasteiger partial charge in [-0.25, -0.2) is 0 Å². The van der Waals surface area contributed by atoms with Crippen molar-refractivity contribution in [1.29, 1.82) is 0 Å². The summed E-state index contributed by atoms with van der Waals surface area (Å²) in [4.78, 5) is 17.6. The maximum absolute atomic E-state index is 12.9. The Hall–Kier alpha value is -2.73. The number of methoxy groups -OCH3 is 1. The van der Waals surface area contributed by atoms with E-state index in [1.54, 1.807) is 7.11 Å². The molecule has 1 aliphatic carbocycles. The molecule has 5 rings (SSSR count). The third kappa shape index (κ3) is 2.88. The number of hydrogen-bond acceptors (Lipinski definition) is 6. The van der Waals surface area contributed by atoms with Crippen LogP contribution in [0.2, 0.25) is 0 Å². The van der Waals surface area contributed by atoms with E-state index in [4.69, 9.17) is 14.2 Å². The number of piperazine rings is 1. The first-order chi connectivity index (χ1) is 13.7. The summed E-state index contributed by atoms with van der Waals surface area (Å²) in [5.41, 5.74) is 3.03. The Labute approximate surface area is 164 Å². The number of nitrogens with zero attached hydrogens (tertiary/aromatic N) is 2. The Balaban J connectivity index is 1.29. The zero-order chi connectivity index (χ0) is 19.1. The Bertz CT molecular complexity index is 905. The van der Waals surface area contributed by atoms with E-state index in [0.717, 1.165) is 66.7 Å². The van der Waals surface area contributed by atoms with Crippen LogP contribution in [0.15, 0.2) is 36.4 Å². The maximum atomic E-state index is 12.9. The molecule has 1 atom stereocenters. The molecule has 0 bridgehead atoms. The lowest BCUT2D eigenvalue weighted by Gasteiger charge is -2.39. The van der Waals surface area contributed by atoms with E-state index in [9.17, 15) is 4.79 Å². The lowest BCUT2D eigenvalue weighted by atomic mass is 10.1. The van der Waals surface area contributed by atoms with E-state index in [2.05, 4.69) is 15.9 Å². The molecule has 0 spiro atoms. The summed E-state index contributed by atoms with van der Waals surface area (Å²) in [7, 11) is 1.66. The summed E-state index contributed by atoms with van der Waals surface area (Å²) in [6, 6.07) is 11.8. The van der Waals surface area contributed by atoms with Crippen molar-refractivity contribution in [2.75, 3.05) is 51.4 Å². The standard InChI is InChI=1S/C22H24N2O4/c1-26-16-5-6-17-15(13-16)14-19(21(17)25)24-9-7-23(8-10-24)18-3-2-4-20-22(18)28-12-11-27-20/h2-6,13,19H,7-12,14H2,1H3. The fourth-order valence-corrected chi connectivity index (χ4v) is 4.46. The molecule has 2 aromatic rings. The van der Waals surface area contributed by atoms with E-state index < -0.39 is 0 Å². The Morgan fingerprint density at radius 1 is 1.04 bits per heavy atom. The number of ketones is 1. The number of anilines is 1. The minimum absolute atomic E-state index is 0.0615. The van der Waals surface area contributed by atoms with Crippen LogP contribution in [0, 0.1) is 0 Å². The van der Waals surface area contributed by atoms with Crippen molar-refractivity contribution in [3.8, 4) is 17.2 Å². The minimum Gasteiger partial charge on any atom is -0.497 e. The van der Waals surface area contributed by atoms with Gasteiger partial charge < -0.3 is 19.1 Å². The van der Waals surface area contributed by atoms with E-state index in [-0.39, 0.29) is 11.8 Å². The average molecular weight is 380 g/mol. The van der Waals surface area contributed by atoms with Crippen LogP contribution in [0.4, 0.5) is 5.69 Å². The Kier molecular flexibility index (Phi) is 4.36. The molecule has 1 saturated heterocycles. The van der Waals surface area contributed by atoms with Crippen molar-refractivity contribution in [1.82, 2.24) is 4.90 Å². The number of ether oxygens (including phenoxy) is 3. The number of hydrogen-bond donors (Lipinski definition) is 0. The Morgan fingerprint density at radius 3 is 2.68 bits per heavy atom. The zero-order valence-corrected chi connectivity index (χ0v) is 16.0. The zero-order valence-electron chi connectivity index (χ0n) is 16.0. The van der Waals surface area contributed by atoms with Gasteiger partial charge in [-0.05, 0) is 42.3 Å². The summed E-state index contributed by atoms with van der Waals surface area (Å²) >= 11 is 0. The van der Waals surface area contributed by atoms with Crippen LogP contribution in [-0.4, -0.2) is 63.2 Å². The van der Waals surface area contributed by atoms with Gasteiger partial charge in [0.1, 0.15) is 19.0 Å². The van der Waals surface area contributed by atoms with Crippen molar-refractivity contribution < 1.29 is 19.0 Å². The number of carbonyl (C=O) groups excluding carboxylic acids is 1. The summed E-state index contributed by atoms with van der Waals surface area (Å²) in [5.74, 6) is 2.72. The van der Waals surface area contributed by atoms with Gasteiger partial charge in [-0.2, -0.15) is 0 Å². The monoisotopic (exact) mass is 380 g/mol. The largest absolute Gasteiger partial charge is 0.497 e. The van der Waals surface area contributed by atoms with Crippen LogP contribution in [-0.2, 0) is 6.42 Å². The summed E-state index contributed by atoms with van der Waals surface area (Å²) in [5, 5.41) is 0. The molecule has 2 aliphatic heterocycles. The molecule has 28 heavy (non-hydrogen) atoms.